The molecule has 112 valence electrons. The topological polar surface area (TPSA) is 95.5 Å². The van der Waals surface area contributed by atoms with Gasteiger partial charge in [-0.25, -0.2) is 17.9 Å². The molecule has 2 rings (SSSR count). The lowest BCUT2D eigenvalue weighted by molar-refractivity contribution is 0.0699. The molecule has 0 aliphatic rings. The third-order valence-corrected chi connectivity index (χ3v) is 3.69. The number of sulfonamides is 1. The Morgan fingerprint density at radius 2 is 1.76 bits per heavy atom. The number of anilines is 1. The molecular formula is C14H16N2O4S. The van der Waals surface area contributed by atoms with Gasteiger partial charge in [0.2, 0.25) is 10.0 Å². The normalized spacial score (nSPS) is 11.5. The van der Waals surface area contributed by atoms with Gasteiger partial charge in [0.25, 0.3) is 0 Å². The summed E-state index contributed by atoms with van der Waals surface area (Å²) >= 11 is 0. The summed E-state index contributed by atoms with van der Waals surface area (Å²) in [5.74, 6) is -0.975. The van der Waals surface area contributed by atoms with Crippen molar-refractivity contribution in [3.05, 3.63) is 42.0 Å². The van der Waals surface area contributed by atoms with E-state index in [2.05, 4.69) is 10.0 Å². The molecule has 0 saturated carbocycles. The molecule has 0 spiro atoms. The monoisotopic (exact) mass is 308 g/mol. The fourth-order valence-electron chi connectivity index (χ4n) is 2.07. The number of carboxylic acid groups (broad SMARTS) is 1. The maximum absolute atomic E-state index is 11.2. The summed E-state index contributed by atoms with van der Waals surface area (Å²) in [6, 6.07) is 10.4. The van der Waals surface area contributed by atoms with Crippen molar-refractivity contribution in [1.29, 1.82) is 0 Å². The molecule has 0 bridgehead atoms. The zero-order valence-electron chi connectivity index (χ0n) is 11.5. The summed E-state index contributed by atoms with van der Waals surface area (Å²) in [5, 5.41) is 13.7. The lowest BCUT2D eigenvalue weighted by Gasteiger charge is -2.11. The van der Waals surface area contributed by atoms with E-state index in [1.54, 1.807) is 18.2 Å². The Balaban J connectivity index is 2.22. The van der Waals surface area contributed by atoms with Crippen LogP contribution in [0, 0.1) is 0 Å². The molecule has 0 aliphatic carbocycles. The average molecular weight is 308 g/mol. The molecule has 0 fully saturated rings. The second kappa shape index (κ2) is 6.11. The van der Waals surface area contributed by atoms with Gasteiger partial charge < -0.3 is 10.4 Å². The quantitative estimate of drug-likeness (QED) is 0.703. The van der Waals surface area contributed by atoms with Crippen molar-refractivity contribution in [3.8, 4) is 0 Å². The highest BCUT2D eigenvalue weighted by Crippen LogP contribution is 2.26. The van der Waals surface area contributed by atoms with Gasteiger partial charge in [-0.2, -0.15) is 0 Å². The van der Waals surface area contributed by atoms with Crippen LogP contribution >= 0.6 is 0 Å². The van der Waals surface area contributed by atoms with Crippen molar-refractivity contribution in [2.24, 2.45) is 0 Å². The zero-order valence-corrected chi connectivity index (χ0v) is 12.3. The van der Waals surface area contributed by atoms with Gasteiger partial charge in [0.05, 0.1) is 11.8 Å². The summed E-state index contributed by atoms with van der Waals surface area (Å²) < 4.78 is 24.3. The van der Waals surface area contributed by atoms with Crippen LogP contribution in [0.2, 0.25) is 0 Å². The fourth-order valence-corrected chi connectivity index (χ4v) is 2.55. The number of nitrogens with one attached hydrogen (secondary N) is 2. The summed E-state index contributed by atoms with van der Waals surface area (Å²) in [5.41, 5.74) is 1.01. The molecule has 6 nitrogen and oxygen atoms in total. The lowest BCUT2D eigenvalue weighted by atomic mass is 10.0. The van der Waals surface area contributed by atoms with Crippen LogP contribution in [0.5, 0.6) is 0 Å². The van der Waals surface area contributed by atoms with Gasteiger partial charge in [0, 0.05) is 24.2 Å². The first-order chi connectivity index (χ1) is 9.88. The first-order valence-electron chi connectivity index (χ1n) is 6.32. The van der Waals surface area contributed by atoms with Gasteiger partial charge >= 0.3 is 5.97 Å². The Bertz CT molecular complexity index is 772. The molecule has 0 radical (unpaired) electrons. The second-order valence-corrected chi connectivity index (χ2v) is 6.44. The van der Waals surface area contributed by atoms with E-state index in [-0.39, 0.29) is 12.1 Å². The number of rotatable bonds is 6. The van der Waals surface area contributed by atoms with Crippen LogP contribution in [0.4, 0.5) is 5.69 Å². The Kier molecular flexibility index (Phi) is 4.44. The maximum atomic E-state index is 11.2. The Morgan fingerprint density at radius 3 is 2.38 bits per heavy atom. The molecule has 0 amide bonds. The molecule has 0 aliphatic heterocycles. The molecule has 0 unspecified atom stereocenters. The maximum Gasteiger partial charge on any atom is 0.336 e. The molecule has 2 aromatic rings. The minimum absolute atomic E-state index is 0.241. The smallest absolute Gasteiger partial charge is 0.336 e. The van der Waals surface area contributed by atoms with Crippen LogP contribution in [-0.2, 0) is 10.0 Å². The van der Waals surface area contributed by atoms with E-state index in [0.717, 1.165) is 17.3 Å². The van der Waals surface area contributed by atoms with Crippen molar-refractivity contribution < 1.29 is 18.3 Å². The van der Waals surface area contributed by atoms with E-state index in [1.807, 2.05) is 12.1 Å². The number of fused-ring (bicyclic) bond motifs is 1. The summed E-state index contributed by atoms with van der Waals surface area (Å²) in [7, 11) is -3.21. The van der Waals surface area contributed by atoms with Crippen molar-refractivity contribution in [1.82, 2.24) is 4.72 Å². The minimum Gasteiger partial charge on any atom is -0.478 e. The predicted octanol–water partition coefficient (Wildman–Crippen LogP) is 1.50. The van der Waals surface area contributed by atoms with Gasteiger partial charge in [0.15, 0.2) is 0 Å². The molecule has 0 aromatic heterocycles. The van der Waals surface area contributed by atoms with Gasteiger partial charge in [-0.05, 0) is 17.5 Å². The molecule has 3 N–H and O–H groups in total. The van der Waals surface area contributed by atoms with Gasteiger partial charge in [0.1, 0.15) is 0 Å². The van der Waals surface area contributed by atoms with Crippen LogP contribution < -0.4 is 10.0 Å². The van der Waals surface area contributed by atoms with Crippen molar-refractivity contribution in [2.75, 3.05) is 24.7 Å². The molecular weight excluding hydrogens is 292 g/mol. The highest BCUT2D eigenvalue weighted by atomic mass is 32.2. The standard InChI is InChI=1S/C14H16N2O4S/c1-21(19,20)16-9-8-15-13-7-6-12(14(17)18)10-4-2-3-5-11(10)13/h2-7,15-16H,8-9H2,1H3,(H,17,18). The number of carbonyl (C=O) groups is 1. The van der Waals surface area contributed by atoms with E-state index in [0.29, 0.717) is 11.9 Å². The van der Waals surface area contributed by atoms with Gasteiger partial charge in [-0.15, -0.1) is 0 Å². The average Bonchev–Trinajstić information content (AvgIpc) is 2.42. The highest BCUT2D eigenvalue weighted by molar-refractivity contribution is 7.88. The van der Waals surface area contributed by atoms with Crippen LogP contribution in [0.25, 0.3) is 10.8 Å². The van der Waals surface area contributed by atoms with E-state index in [1.165, 1.54) is 6.07 Å². The number of benzene rings is 2. The Labute approximate surface area is 122 Å². The Hall–Kier alpha value is -2.12. The van der Waals surface area contributed by atoms with Gasteiger partial charge in [-0.1, -0.05) is 24.3 Å². The van der Waals surface area contributed by atoms with E-state index in [4.69, 9.17) is 0 Å². The van der Waals surface area contributed by atoms with Crippen LogP contribution in [0.3, 0.4) is 0 Å². The molecule has 0 heterocycles. The van der Waals surface area contributed by atoms with E-state index in [9.17, 15) is 18.3 Å². The molecule has 21 heavy (non-hydrogen) atoms. The van der Waals surface area contributed by atoms with Crippen LogP contribution in [0.1, 0.15) is 10.4 Å². The molecule has 2 aromatic carbocycles. The largest absolute Gasteiger partial charge is 0.478 e. The summed E-state index contributed by atoms with van der Waals surface area (Å²) in [6.07, 6.45) is 1.10. The number of carboxylic acids is 1. The number of hydrogen-bond donors (Lipinski definition) is 3. The summed E-state index contributed by atoms with van der Waals surface area (Å²) in [4.78, 5) is 11.2. The highest BCUT2D eigenvalue weighted by Gasteiger charge is 2.10. The first-order valence-corrected chi connectivity index (χ1v) is 8.21. The predicted molar refractivity (Wildman–Crippen MR) is 82.2 cm³/mol. The van der Waals surface area contributed by atoms with Crippen LogP contribution in [-0.4, -0.2) is 38.8 Å². The molecule has 0 saturated heterocycles. The second-order valence-electron chi connectivity index (χ2n) is 4.60. The van der Waals surface area contributed by atoms with Crippen molar-refractivity contribution in [3.63, 3.8) is 0 Å². The molecule has 0 atom stereocenters. The minimum atomic E-state index is -3.21. The lowest BCUT2D eigenvalue weighted by Crippen LogP contribution is -2.27. The van der Waals surface area contributed by atoms with Crippen molar-refractivity contribution >= 4 is 32.5 Å². The van der Waals surface area contributed by atoms with Crippen molar-refractivity contribution in [2.45, 2.75) is 0 Å². The third-order valence-electron chi connectivity index (χ3n) is 2.96. The SMILES string of the molecule is CS(=O)(=O)NCCNc1ccc(C(=O)O)c2ccccc12. The number of aromatic carboxylic acids is 1. The van der Waals surface area contributed by atoms with E-state index < -0.39 is 16.0 Å². The van der Waals surface area contributed by atoms with E-state index >= 15 is 0 Å². The third kappa shape index (κ3) is 3.93. The Morgan fingerprint density at radius 1 is 1.10 bits per heavy atom. The fraction of sp³-hybridized carbons (Fsp3) is 0.214. The van der Waals surface area contributed by atoms with Crippen LogP contribution in [0.15, 0.2) is 36.4 Å². The zero-order chi connectivity index (χ0) is 15.5. The molecule has 7 heteroatoms. The van der Waals surface area contributed by atoms with Gasteiger partial charge in [-0.3, -0.25) is 0 Å². The first kappa shape index (κ1) is 15.3. The number of hydrogen-bond acceptors (Lipinski definition) is 4. The summed E-state index contributed by atoms with van der Waals surface area (Å²) in [6.45, 7) is 0.664.